The van der Waals surface area contributed by atoms with Gasteiger partial charge in [-0.05, 0) is 12.8 Å². The van der Waals surface area contributed by atoms with E-state index >= 15 is 0 Å². The lowest BCUT2D eigenvalue weighted by Crippen LogP contribution is -2.12. The second kappa shape index (κ2) is 2.80. The summed E-state index contributed by atoms with van der Waals surface area (Å²) in [5.74, 6) is 0. The second-order valence-electron chi connectivity index (χ2n) is 2.38. The van der Waals surface area contributed by atoms with Crippen molar-refractivity contribution in [3.63, 3.8) is 0 Å². The van der Waals surface area contributed by atoms with E-state index in [-0.39, 0.29) is 4.92 Å². The molecule has 0 aliphatic heterocycles. The molecule has 9 heavy (non-hydrogen) atoms. The highest BCUT2D eigenvalue weighted by molar-refractivity contribution is 4.80. The fraction of sp³-hybridized carbons (Fsp3) is 0.833. The van der Waals surface area contributed by atoms with Gasteiger partial charge in [0.05, 0.1) is 0 Å². The molecule has 0 atom stereocenters. The molecule has 3 heteroatoms. The third-order valence-corrected chi connectivity index (χ3v) is 1.69. The van der Waals surface area contributed by atoms with Crippen LogP contribution >= 0.6 is 0 Å². The summed E-state index contributed by atoms with van der Waals surface area (Å²) >= 11 is 0. The lowest BCUT2D eigenvalue weighted by molar-refractivity contribution is -0.471. The molecule has 0 heterocycles. The summed E-state index contributed by atoms with van der Waals surface area (Å²) in [5.41, 5.74) is 0. The van der Waals surface area contributed by atoms with Crippen LogP contribution < -0.4 is 0 Å². The monoisotopic (exact) mass is 128 g/mol. The lowest BCUT2D eigenvalue weighted by Gasteiger charge is -2.11. The van der Waals surface area contributed by atoms with Gasteiger partial charge in [0.2, 0.25) is 0 Å². The highest BCUT2D eigenvalue weighted by Crippen LogP contribution is 2.25. The number of rotatable bonds is 1. The van der Waals surface area contributed by atoms with Crippen molar-refractivity contribution in [1.29, 1.82) is 0 Å². The smallest absolute Gasteiger partial charge is 0.264 e. The predicted molar refractivity (Wildman–Crippen MR) is 33.3 cm³/mol. The van der Waals surface area contributed by atoms with Crippen LogP contribution in [0.4, 0.5) is 0 Å². The summed E-state index contributed by atoms with van der Waals surface area (Å²) in [4.78, 5) is 9.90. The van der Waals surface area contributed by atoms with Crippen LogP contribution in [0.5, 0.6) is 0 Å². The molecule has 1 aliphatic carbocycles. The van der Waals surface area contributed by atoms with E-state index < -0.39 is 0 Å². The van der Waals surface area contributed by atoms with E-state index in [9.17, 15) is 10.1 Å². The number of nitrogens with zero attached hydrogens (tertiary/aromatic N) is 1. The first-order chi connectivity index (χ1) is 4.30. The van der Waals surface area contributed by atoms with E-state index in [0.29, 0.717) is 18.9 Å². The van der Waals surface area contributed by atoms with Crippen LogP contribution in [0.2, 0.25) is 0 Å². The molecule has 3 nitrogen and oxygen atoms in total. The molecule has 1 fully saturated rings. The van der Waals surface area contributed by atoms with Gasteiger partial charge in [-0.2, -0.15) is 0 Å². The van der Waals surface area contributed by atoms with Crippen molar-refractivity contribution < 1.29 is 4.92 Å². The first-order valence-electron chi connectivity index (χ1n) is 3.30. The molecule has 1 saturated carbocycles. The molecular weight excluding hydrogens is 118 g/mol. The standard InChI is InChI=1S/C6H10NO2/c8-7(9)6-4-2-1-3-5-6/h1-5H2. The molecule has 0 aromatic rings. The van der Waals surface area contributed by atoms with Crippen molar-refractivity contribution in [3.05, 3.63) is 16.2 Å². The van der Waals surface area contributed by atoms with Crippen molar-refractivity contribution in [2.24, 2.45) is 0 Å². The highest BCUT2D eigenvalue weighted by Gasteiger charge is 2.24. The fourth-order valence-corrected chi connectivity index (χ4v) is 1.14. The van der Waals surface area contributed by atoms with E-state index in [0.717, 1.165) is 19.3 Å². The Bertz CT molecular complexity index is 108. The summed E-state index contributed by atoms with van der Waals surface area (Å²) in [6, 6.07) is 0.529. The first-order valence-corrected chi connectivity index (χ1v) is 3.30. The van der Waals surface area contributed by atoms with Gasteiger partial charge in [0.15, 0.2) is 0 Å². The molecule has 1 radical (unpaired) electrons. The van der Waals surface area contributed by atoms with Gasteiger partial charge in [0.1, 0.15) is 0 Å². The minimum atomic E-state index is -0.223. The highest BCUT2D eigenvalue weighted by atomic mass is 16.6. The van der Waals surface area contributed by atoms with Gasteiger partial charge in [-0.1, -0.05) is 6.42 Å². The van der Waals surface area contributed by atoms with Gasteiger partial charge < -0.3 is 0 Å². The summed E-state index contributed by atoms with van der Waals surface area (Å²) in [6.45, 7) is 0. The molecule has 0 bridgehead atoms. The number of hydrogen-bond donors (Lipinski definition) is 0. The van der Waals surface area contributed by atoms with Crippen LogP contribution in [0.15, 0.2) is 0 Å². The molecular formula is C6H10NO2. The van der Waals surface area contributed by atoms with Crippen molar-refractivity contribution in [2.45, 2.75) is 32.1 Å². The molecule has 51 valence electrons. The van der Waals surface area contributed by atoms with Crippen LogP contribution in [0.1, 0.15) is 32.1 Å². The normalized spacial score (nSPS) is 21.8. The summed E-state index contributed by atoms with van der Waals surface area (Å²) in [7, 11) is 0. The molecule has 0 N–H and O–H groups in total. The maximum atomic E-state index is 10.1. The Morgan fingerprint density at radius 1 is 1.22 bits per heavy atom. The molecule has 0 unspecified atom stereocenters. The van der Waals surface area contributed by atoms with Crippen molar-refractivity contribution in [3.8, 4) is 0 Å². The van der Waals surface area contributed by atoms with Crippen molar-refractivity contribution >= 4 is 0 Å². The summed E-state index contributed by atoms with van der Waals surface area (Å²) in [6.07, 6.45) is 4.62. The van der Waals surface area contributed by atoms with Crippen LogP contribution in [0, 0.1) is 16.2 Å². The third kappa shape index (κ3) is 1.66. The molecule has 0 aromatic carbocycles. The third-order valence-electron chi connectivity index (χ3n) is 1.69. The maximum Gasteiger partial charge on any atom is 0.290 e. The molecule has 0 spiro atoms. The zero-order chi connectivity index (χ0) is 6.69. The van der Waals surface area contributed by atoms with Crippen molar-refractivity contribution in [2.75, 3.05) is 0 Å². The second-order valence-corrected chi connectivity index (χ2v) is 2.38. The average molecular weight is 128 g/mol. The van der Waals surface area contributed by atoms with E-state index in [2.05, 4.69) is 0 Å². The van der Waals surface area contributed by atoms with Gasteiger partial charge in [0, 0.05) is 17.8 Å². The molecule has 1 rings (SSSR count). The fourth-order valence-electron chi connectivity index (χ4n) is 1.14. The SMILES string of the molecule is O=[N+]([O-])[C]1CCCCC1. The first kappa shape index (κ1) is 6.52. The van der Waals surface area contributed by atoms with Gasteiger partial charge in [-0.15, -0.1) is 0 Å². The average Bonchev–Trinajstić information content (AvgIpc) is 1.90. The van der Waals surface area contributed by atoms with Gasteiger partial charge in [-0.3, -0.25) is 10.1 Å². The van der Waals surface area contributed by atoms with Crippen LogP contribution in [0.3, 0.4) is 0 Å². The van der Waals surface area contributed by atoms with Crippen LogP contribution in [0.25, 0.3) is 0 Å². The molecule has 0 aromatic heterocycles. The Morgan fingerprint density at radius 2 is 1.78 bits per heavy atom. The van der Waals surface area contributed by atoms with Gasteiger partial charge in [-0.25, -0.2) is 0 Å². The summed E-state index contributed by atoms with van der Waals surface area (Å²) < 4.78 is 0. The zero-order valence-electron chi connectivity index (χ0n) is 5.30. The van der Waals surface area contributed by atoms with Crippen molar-refractivity contribution in [1.82, 2.24) is 0 Å². The molecule has 0 amide bonds. The van der Waals surface area contributed by atoms with Crippen LogP contribution in [-0.2, 0) is 0 Å². The Morgan fingerprint density at radius 3 is 2.11 bits per heavy atom. The lowest BCUT2D eigenvalue weighted by atomic mass is 9.96. The zero-order valence-corrected chi connectivity index (χ0v) is 5.30. The predicted octanol–water partition coefficient (Wildman–Crippen LogP) is 1.76. The van der Waals surface area contributed by atoms with E-state index in [1.807, 2.05) is 0 Å². The Labute approximate surface area is 54.2 Å². The number of hydrogen-bond acceptors (Lipinski definition) is 2. The van der Waals surface area contributed by atoms with E-state index in [1.54, 1.807) is 0 Å². The maximum absolute atomic E-state index is 10.1. The molecule has 1 aliphatic rings. The van der Waals surface area contributed by atoms with E-state index in [1.165, 1.54) is 0 Å². The van der Waals surface area contributed by atoms with E-state index in [4.69, 9.17) is 0 Å². The van der Waals surface area contributed by atoms with Gasteiger partial charge >= 0.3 is 0 Å². The minimum Gasteiger partial charge on any atom is -0.264 e. The largest absolute Gasteiger partial charge is 0.290 e. The van der Waals surface area contributed by atoms with Gasteiger partial charge in [0.25, 0.3) is 6.04 Å². The van der Waals surface area contributed by atoms with Crippen LogP contribution in [-0.4, -0.2) is 4.92 Å². The minimum absolute atomic E-state index is 0.223. The number of nitro groups is 1. The topological polar surface area (TPSA) is 43.1 Å². The Balaban J connectivity index is 2.31. The Kier molecular flexibility index (Phi) is 2.03. The molecule has 0 saturated heterocycles. The quantitative estimate of drug-likeness (QED) is 0.399. The Hall–Kier alpha value is -0.600. The summed E-state index contributed by atoms with van der Waals surface area (Å²) in [5, 5.41) is 10.1.